The molecule has 1 fully saturated rings. The average molecular weight is 292 g/mol. The molecule has 0 bridgehead atoms. The van der Waals surface area contributed by atoms with Crippen LogP contribution < -0.4 is 5.32 Å². The summed E-state index contributed by atoms with van der Waals surface area (Å²) in [5.41, 5.74) is 1.58. The highest BCUT2D eigenvalue weighted by Crippen LogP contribution is 2.36. The second kappa shape index (κ2) is 5.13. The van der Waals surface area contributed by atoms with Gasteiger partial charge in [-0.3, -0.25) is 9.69 Å². The highest BCUT2D eigenvalue weighted by Gasteiger charge is 2.43. The largest absolute Gasteiger partial charge is 0.348 e. The number of carbonyl (C=O) groups is 1. The second-order valence-corrected chi connectivity index (χ2v) is 7.55. The minimum absolute atomic E-state index is 0.0198. The van der Waals surface area contributed by atoms with Crippen LogP contribution in [-0.4, -0.2) is 44.5 Å². The van der Waals surface area contributed by atoms with E-state index < -0.39 is 0 Å². The van der Waals surface area contributed by atoms with Crippen LogP contribution in [0.5, 0.6) is 0 Å². The van der Waals surface area contributed by atoms with Gasteiger partial charge in [0.1, 0.15) is 5.69 Å². The predicted octanol–water partition coefficient (Wildman–Crippen LogP) is 2.11. The van der Waals surface area contributed by atoms with Crippen LogP contribution in [0.15, 0.2) is 6.33 Å². The number of rotatable bonds is 2. The van der Waals surface area contributed by atoms with Crippen molar-refractivity contribution in [2.24, 2.45) is 7.05 Å². The minimum atomic E-state index is -0.0198. The van der Waals surface area contributed by atoms with Crippen LogP contribution >= 0.6 is 0 Å². The van der Waals surface area contributed by atoms with Crippen molar-refractivity contribution in [2.45, 2.75) is 64.6 Å². The summed E-state index contributed by atoms with van der Waals surface area (Å²) in [6.07, 6.45) is 3.60. The first kappa shape index (κ1) is 16.0. The number of amides is 1. The Labute approximate surface area is 127 Å². The highest BCUT2D eigenvalue weighted by atomic mass is 16.2. The third-order valence-electron chi connectivity index (χ3n) is 4.98. The van der Waals surface area contributed by atoms with Crippen LogP contribution in [0.1, 0.15) is 56.7 Å². The molecule has 2 rings (SSSR count). The lowest BCUT2D eigenvalue weighted by molar-refractivity contribution is -0.0169. The number of hydrogen-bond acceptors (Lipinski definition) is 3. The van der Waals surface area contributed by atoms with E-state index in [2.05, 4.69) is 49.9 Å². The zero-order valence-electron chi connectivity index (χ0n) is 14.3. The van der Waals surface area contributed by atoms with Crippen molar-refractivity contribution >= 4 is 5.91 Å². The number of nitrogens with one attached hydrogen (secondary N) is 1. The first-order valence-electron chi connectivity index (χ1n) is 7.57. The maximum absolute atomic E-state index is 12.5. The maximum atomic E-state index is 12.5. The molecule has 5 heteroatoms. The minimum Gasteiger partial charge on any atom is -0.348 e. The van der Waals surface area contributed by atoms with Gasteiger partial charge in [-0.25, -0.2) is 4.98 Å². The zero-order chi connectivity index (χ0) is 16.0. The zero-order valence-corrected chi connectivity index (χ0v) is 14.3. The van der Waals surface area contributed by atoms with Crippen molar-refractivity contribution in [3.8, 4) is 0 Å². The molecule has 0 atom stereocenters. The lowest BCUT2D eigenvalue weighted by atomic mass is 9.77. The highest BCUT2D eigenvalue weighted by molar-refractivity contribution is 5.93. The number of aromatic nitrogens is 2. The molecule has 0 aromatic carbocycles. The lowest BCUT2D eigenvalue weighted by Crippen LogP contribution is -2.62. The molecule has 0 unspecified atom stereocenters. The van der Waals surface area contributed by atoms with Crippen molar-refractivity contribution in [2.75, 3.05) is 7.05 Å². The van der Waals surface area contributed by atoms with Crippen LogP contribution in [0.2, 0.25) is 0 Å². The van der Waals surface area contributed by atoms with Crippen molar-refractivity contribution in [1.82, 2.24) is 19.8 Å². The number of likely N-dealkylation sites (tertiary alicyclic amines) is 1. The van der Waals surface area contributed by atoms with E-state index in [4.69, 9.17) is 0 Å². The summed E-state index contributed by atoms with van der Waals surface area (Å²) in [5, 5.41) is 3.21. The summed E-state index contributed by atoms with van der Waals surface area (Å²) in [5.74, 6) is -0.0198. The van der Waals surface area contributed by atoms with Gasteiger partial charge in [0.25, 0.3) is 5.91 Å². The van der Waals surface area contributed by atoms with Crippen LogP contribution in [-0.2, 0) is 7.05 Å². The van der Waals surface area contributed by atoms with Crippen LogP contribution in [0.25, 0.3) is 0 Å². The Kier molecular flexibility index (Phi) is 3.91. The fraction of sp³-hybridized carbons (Fsp3) is 0.750. The van der Waals surface area contributed by atoms with E-state index >= 15 is 0 Å². The van der Waals surface area contributed by atoms with Crippen molar-refractivity contribution in [3.05, 3.63) is 17.7 Å². The molecule has 1 saturated heterocycles. The average Bonchev–Trinajstić information content (AvgIpc) is 2.65. The monoisotopic (exact) mass is 292 g/mol. The van der Waals surface area contributed by atoms with E-state index in [9.17, 15) is 4.79 Å². The number of aryl methyl sites for hydroxylation is 2. The Morgan fingerprint density at radius 1 is 1.24 bits per heavy atom. The van der Waals surface area contributed by atoms with Gasteiger partial charge in [0.2, 0.25) is 0 Å². The molecule has 1 aliphatic heterocycles. The second-order valence-electron chi connectivity index (χ2n) is 7.55. The molecule has 5 nitrogen and oxygen atoms in total. The molecule has 1 aromatic rings. The van der Waals surface area contributed by atoms with Crippen molar-refractivity contribution < 1.29 is 4.79 Å². The molecule has 0 radical (unpaired) electrons. The molecule has 1 aromatic heterocycles. The van der Waals surface area contributed by atoms with Gasteiger partial charge in [-0.15, -0.1) is 0 Å². The molecule has 1 N–H and O–H groups in total. The SMILES string of the molecule is Cc1ncn(C)c1C(=O)NC1CC(C)(C)N(C)C(C)(C)C1. The maximum Gasteiger partial charge on any atom is 0.270 e. The summed E-state index contributed by atoms with van der Waals surface area (Å²) >= 11 is 0. The Morgan fingerprint density at radius 2 is 1.76 bits per heavy atom. The van der Waals surface area contributed by atoms with E-state index in [0.29, 0.717) is 5.69 Å². The van der Waals surface area contributed by atoms with Gasteiger partial charge in [0, 0.05) is 24.2 Å². The fourth-order valence-electron chi connectivity index (χ4n) is 3.60. The van der Waals surface area contributed by atoms with Crippen molar-refractivity contribution in [3.63, 3.8) is 0 Å². The summed E-state index contributed by atoms with van der Waals surface area (Å²) in [6, 6.07) is 0.188. The Hall–Kier alpha value is -1.36. The van der Waals surface area contributed by atoms with E-state index in [1.165, 1.54) is 0 Å². The Morgan fingerprint density at radius 3 is 2.19 bits per heavy atom. The molecule has 21 heavy (non-hydrogen) atoms. The standard InChI is InChI=1S/C16H28N4O/c1-11-13(19(6)10-17-11)14(21)18-12-8-15(2,3)20(7)16(4,5)9-12/h10,12H,8-9H2,1-7H3,(H,18,21). The van der Waals surface area contributed by atoms with E-state index in [1.807, 2.05) is 14.0 Å². The number of nitrogens with zero attached hydrogens (tertiary/aromatic N) is 3. The smallest absolute Gasteiger partial charge is 0.270 e. The summed E-state index contributed by atoms with van der Waals surface area (Å²) < 4.78 is 1.79. The van der Waals surface area contributed by atoms with Gasteiger partial charge in [-0.2, -0.15) is 0 Å². The summed E-state index contributed by atoms with van der Waals surface area (Å²) in [4.78, 5) is 19.1. The first-order chi connectivity index (χ1) is 9.54. The van der Waals surface area contributed by atoms with E-state index in [-0.39, 0.29) is 23.0 Å². The lowest BCUT2D eigenvalue weighted by Gasteiger charge is -2.53. The summed E-state index contributed by atoms with van der Waals surface area (Å²) in [6.45, 7) is 10.8. The first-order valence-corrected chi connectivity index (χ1v) is 7.57. The molecule has 1 aliphatic rings. The van der Waals surface area contributed by atoms with Gasteiger partial charge in [0.15, 0.2) is 0 Å². The molecular formula is C16H28N4O. The third kappa shape index (κ3) is 2.98. The molecular weight excluding hydrogens is 264 g/mol. The van der Waals surface area contributed by atoms with Crippen LogP contribution in [0, 0.1) is 6.92 Å². The molecule has 0 saturated carbocycles. The quantitative estimate of drug-likeness (QED) is 0.908. The van der Waals surface area contributed by atoms with Gasteiger partial charge < -0.3 is 9.88 Å². The molecule has 118 valence electrons. The van der Waals surface area contributed by atoms with Gasteiger partial charge in [-0.1, -0.05) is 0 Å². The fourth-order valence-corrected chi connectivity index (χ4v) is 3.60. The third-order valence-corrected chi connectivity index (χ3v) is 4.98. The molecule has 0 aliphatic carbocycles. The van der Waals surface area contributed by atoms with Crippen molar-refractivity contribution in [1.29, 1.82) is 0 Å². The Bertz CT molecular complexity index is 507. The summed E-state index contributed by atoms with van der Waals surface area (Å²) in [7, 11) is 4.03. The number of hydrogen-bond donors (Lipinski definition) is 1. The number of imidazole rings is 1. The predicted molar refractivity (Wildman–Crippen MR) is 84.4 cm³/mol. The number of carbonyl (C=O) groups excluding carboxylic acids is 1. The van der Waals surface area contributed by atoms with Gasteiger partial charge >= 0.3 is 0 Å². The topological polar surface area (TPSA) is 50.2 Å². The van der Waals surface area contributed by atoms with Crippen LogP contribution in [0.4, 0.5) is 0 Å². The Balaban J connectivity index is 2.15. The van der Waals surface area contributed by atoms with Gasteiger partial charge in [0.05, 0.1) is 12.0 Å². The van der Waals surface area contributed by atoms with Gasteiger partial charge in [-0.05, 0) is 54.5 Å². The molecule has 2 heterocycles. The molecule has 0 spiro atoms. The number of piperidine rings is 1. The van der Waals surface area contributed by atoms with E-state index in [0.717, 1.165) is 18.5 Å². The van der Waals surface area contributed by atoms with E-state index in [1.54, 1.807) is 10.9 Å². The molecule has 1 amide bonds. The normalized spacial score (nSPS) is 22.2. The van der Waals surface area contributed by atoms with Crippen LogP contribution in [0.3, 0.4) is 0 Å².